The van der Waals surface area contributed by atoms with Crippen molar-refractivity contribution in [3.8, 4) is 0 Å². The smallest absolute Gasteiger partial charge is 0.419 e. The number of allylic oxidation sites excluding steroid dienone is 1. The first-order valence-electron chi connectivity index (χ1n) is 5.98. The van der Waals surface area contributed by atoms with E-state index in [-0.39, 0.29) is 11.1 Å². The van der Waals surface area contributed by atoms with Crippen LogP contribution < -0.4 is 0 Å². The van der Waals surface area contributed by atoms with Crippen LogP contribution >= 0.6 is 0 Å². The third kappa shape index (κ3) is 2.74. The molecule has 0 aliphatic carbocycles. The van der Waals surface area contributed by atoms with E-state index in [0.29, 0.717) is 12.8 Å². The minimum absolute atomic E-state index is 0.0262. The lowest BCUT2D eigenvalue weighted by molar-refractivity contribution is -0.140. The SMILES string of the molecule is CC1=COC(c2ccc(C)c(C(F)(F)F)c2F)CC1. The van der Waals surface area contributed by atoms with E-state index in [1.165, 1.54) is 25.3 Å². The Morgan fingerprint density at radius 3 is 2.42 bits per heavy atom. The molecule has 0 saturated heterocycles. The molecule has 19 heavy (non-hydrogen) atoms. The van der Waals surface area contributed by atoms with Crippen LogP contribution in [0.1, 0.15) is 42.6 Å². The van der Waals surface area contributed by atoms with E-state index in [0.717, 1.165) is 5.57 Å². The second-order valence-corrected chi connectivity index (χ2v) is 4.79. The number of ether oxygens (including phenoxy) is 1. The number of benzene rings is 1. The van der Waals surface area contributed by atoms with Gasteiger partial charge in [-0.15, -0.1) is 0 Å². The molecule has 5 heteroatoms. The van der Waals surface area contributed by atoms with Gasteiger partial charge in [-0.05, 0) is 37.8 Å². The largest absolute Gasteiger partial charge is 0.493 e. The Balaban J connectivity index is 2.43. The standard InChI is InChI=1S/C14H14F4O/c1-8-3-6-11(19-7-8)10-5-4-9(2)12(13(10)15)14(16,17)18/h4-5,7,11H,3,6H2,1-2H3. The van der Waals surface area contributed by atoms with Crippen LogP contribution in [0.5, 0.6) is 0 Å². The number of aryl methyl sites for hydroxylation is 1. The van der Waals surface area contributed by atoms with Crippen LogP contribution in [0.15, 0.2) is 24.0 Å². The van der Waals surface area contributed by atoms with E-state index in [1.54, 1.807) is 0 Å². The Morgan fingerprint density at radius 2 is 1.89 bits per heavy atom. The third-order valence-electron chi connectivity index (χ3n) is 3.24. The molecule has 0 N–H and O–H groups in total. The minimum atomic E-state index is -4.69. The highest BCUT2D eigenvalue weighted by molar-refractivity contribution is 5.36. The summed E-state index contributed by atoms with van der Waals surface area (Å²) in [5, 5.41) is 0. The summed E-state index contributed by atoms with van der Waals surface area (Å²) in [6.07, 6.45) is -2.67. The first-order valence-corrected chi connectivity index (χ1v) is 5.98. The van der Waals surface area contributed by atoms with Gasteiger partial charge in [-0.3, -0.25) is 0 Å². The molecule has 0 saturated carbocycles. The van der Waals surface area contributed by atoms with Crippen molar-refractivity contribution in [2.45, 2.75) is 39.0 Å². The molecule has 1 heterocycles. The maximum Gasteiger partial charge on any atom is 0.419 e. The molecule has 1 aromatic carbocycles. The molecule has 0 fully saturated rings. The van der Waals surface area contributed by atoms with Gasteiger partial charge in [0.25, 0.3) is 0 Å². The van der Waals surface area contributed by atoms with Crippen molar-refractivity contribution in [1.82, 2.24) is 0 Å². The zero-order valence-electron chi connectivity index (χ0n) is 10.6. The fraction of sp³-hybridized carbons (Fsp3) is 0.429. The van der Waals surface area contributed by atoms with Gasteiger partial charge >= 0.3 is 6.18 Å². The van der Waals surface area contributed by atoms with Crippen molar-refractivity contribution in [2.24, 2.45) is 0 Å². The van der Waals surface area contributed by atoms with Gasteiger partial charge in [-0.1, -0.05) is 12.1 Å². The molecule has 0 amide bonds. The molecule has 1 aliphatic rings. The normalized spacial score (nSPS) is 19.9. The van der Waals surface area contributed by atoms with E-state index in [9.17, 15) is 17.6 Å². The molecule has 0 bridgehead atoms. The molecule has 1 atom stereocenters. The Bertz CT molecular complexity index is 517. The Hall–Kier alpha value is -1.52. The Labute approximate surface area is 108 Å². The Kier molecular flexibility index (Phi) is 3.56. The van der Waals surface area contributed by atoms with E-state index in [2.05, 4.69) is 0 Å². The lowest BCUT2D eigenvalue weighted by Gasteiger charge is -2.24. The molecule has 1 aliphatic heterocycles. The van der Waals surface area contributed by atoms with E-state index in [1.807, 2.05) is 6.92 Å². The van der Waals surface area contributed by atoms with Crippen LogP contribution in [-0.4, -0.2) is 0 Å². The van der Waals surface area contributed by atoms with Gasteiger partial charge in [0.2, 0.25) is 0 Å². The summed E-state index contributed by atoms with van der Waals surface area (Å²) < 4.78 is 57.9. The highest BCUT2D eigenvalue weighted by Gasteiger charge is 2.38. The van der Waals surface area contributed by atoms with E-state index < -0.39 is 23.7 Å². The number of alkyl halides is 3. The monoisotopic (exact) mass is 274 g/mol. The summed E-state index contributed by atoms with van der Waals surface area (Å²) in [6.45, 7) is 3.12. The van der Waals surface area contributed by atoms with Crippen LogP contribution in [0.3, 0.4) is 0 Å². The quantitative estimate of drug-likeness (QED) is 0.661. The maximum absolute atomic E-state index is 14.1. The average Bonchev–Trinajstić information content (AvgIpc) is 2.29. The summed E-state index contributed by atoms with van der Waals surface area (Å²) in [6, 6.07) is 2.66. The first-order chi connectivity index (χ1) is 8.80. The molecular formula is C14H14F4O. The molecule has 2 rings (SSSR count). The number of hydrogen-bond donors (Lipinski definition) is 0. The van der Waals surface area contributed by atoms with Crippen molar-refractivity contribution in [3.63, 3.8) is 0 Å². The lowest BCUT2D eigenvalue weighted by atomic mass is 9.95. The average molecular weight is 274 g/mol. The van der Waals surface area contributed by atoms with Gasteiger partial charge in [0.15, 0.2) is 0 Å². The predicted octanol–water partition coefficient (Wildman–Crippen LogP) is 4.91. The van der Waals surface area contributed by atoms with Gasteiger partial charge in [-0.2, -0.15) is 13.2 Å². The van der Waals surface area contributed by atoms with Gasteiger partial charge in [0, 0.05) is 5.56 Å². The predicted molar refractivity (Wildman–Crippen MR) is 63.0 cm³/mol. The summed E-state index contributed by atoms with van der Waals surface area (Å²) in [4.78, 5) is 0. The van der Waals surface area contributed by atoms with Gasteiger partial charge in [-0.25, -0.2) is 4.39 Å². The molecule has 0 aromatic heterocycles. The number of rotatable bonds is 1. The Morgan fingerprint density at radius 1 is 1.21 bits per heavy atom. The second kappa shape index (κ2) is 4.87. The van der Waals surface area contributed by atoms with Crippen LogP contribution in [-0.2, 0) is 10.9 Å². The van der Waals surface area contributed by atoms with Crippen molar-refractivity contribution in [2.75, 3.05) is 0 Å². The first kappa shape index (κ1) is 13.9. The maximum atomic E-state index is 14.1. The second-order valence-electron chi connectivity index (χ2n) is 4.79. The van der Waals surface area contributed by atoms with Crippen molar-refractivity contribution < 1.29 is 22.3 Å². The molecule has 104 valence electrons. The summed E-state index contributed by atoms with van der Waals surface area (Å²) in [7, 11) is 0. The fourth-order valence-corrected chi connectivity index (χ4v) is 2.20. The van der Waals surface area contributed by atoms with Crippen LogP contribution in [0.4, 0.5) is 17.6 Å². The van der Waals surface area contributed by atoms with E-state index in [4.69, 9.17) is 4.74 Å². The molecule has 1 unspecified atom stereocenters. The molecule has 0 radical (unpaired) electrons. The minimum Gasteiger partial charge on any atom is -0.493 e. The van der Waals surface area contributed by atoms with Gasteiger partial charge < -0.3 is 4.74 Å². The van der Waals surface area contributed by atoms with Crippen molar-refractivity contribution in [1.29, 1.82) is 0 Å². The molecule has 1 nitrogen and oxygen atoms in total. The molecule has 1 aromatic rings. The highest BCUT2D eigenvalue weighted by Crippen LogP contribution is 2.39. The van der Waals surface area contributed by atoms with Crippen molar-refractivity contribution >= 4 is 0 Å². The van der Waals surface area contributed by atoms with Crippen molar-refractivity contribution in [3.05, 3.63) is 46.5 Å². The zero-order chi connectivity index (χ0) is 14.2. The fourth-order valence-electron chi connectivity index (χ4n) is 2.20. The van der Waals surface area contributed by atoms with Gasteiger partial charge in [0.05, 0.1) is 11.8 Å². The summed E-state index contributed by atoms with van der Waals surface area (Å²) >= 11 is 0. The van der Waals surface area contributed by atoms with Gasteiger partial charge in [0.1, 0.15) is 11.9 Å². The molecular weight excluding hydrogens is 260 g/mol. The van der Waals surface area contributed by atoms with E-state index >= 15 is 0 Å². The summed E-state index contributed by atoms with van der Waals surface area (Å²) in [5.41, 5.74) is -0.336. The van der Waals surface area contributed by atoms with Crippen LogP contribution in [0.2, 0.25) is 0 Å². The summed E-state index contributed by atoms with van der Waals surface area (Å²) in [5.74, 6) is -1.22. The van der Waals surface area contributed by atoms with Crippen LogP contribution in [0, 0.1) is 12.7 Å². The number of hydrogen-bond acceptors (Lipinski definition) is 1. The van der Waals surface area contributed by atoms with Crippen LogP contribution in [0.25, 0.3) is 0 Å². The topological polar surface area (TPSA) is 9.23 Å². The number of halogens is 4. The zero-order valence-corrected chi connectivity index (χ0v) is 10.6. The lowest BCUT2D eigenvalue weighted by Crippen LogP contribution is -2.15. The highest BCUT2D eigenvalue weighted by atomic mass is 19.4. The third-order valence-corrected chi connectivity index (χ3v) is 3.24. The molecule has 0 spiro atoms.